The zero-order valence-electron chi connectivity index (χ0n) is 15.1. The Balaban J connectivity index is 1.61. The van der Waals surface area contributed by atoms with E-state index in [1.165, 1.54) is 12.1 Å². The molecule has 0 amide bonds. The van der Waals surface area contributed by atoms with Crippen molar-refractivity contribution in [2.75, 3.05) is 11.9 Å². The highest BCUT2D eigenvalue weighted by Crippen LogP contribution is 2.21. The van der Waals surface area contributed by atoms with Crippen LogP contribution in [-0.2, 0) is 11.3 Å². The SMILES string of the molecule is CCCOC(=O)c1ccc(NCc2nc(-c3cccc([N+](=O)[O-])c3)no2)cc1. The molecule has 0 radical (unpaired) electrons. The minimum atomic E-state index is -0.478. The lowest BCUT2D eigenvalue weighted by Crippen LogP contribution is -2.06. The predicted octanol–water partition coefficient (Wildman–Crippen LogP) is 3.82. The van der Waals surface area contributed by atoms with Gasteiger partial charge in [0, 0.05) is 23.4 Å². The molecule has 0 unspecified atom stereocenters. The molecule has 3 aromatic rings. The van der Waals surface area contributed by atoms with Gasteiger partial charge in [-0.3, -0.25) is 10.1 Å². The summed E-state index contributed by atoms with van der Waals surface area (Å²) in [4.78, 5) is 26.4. The van der Waals surface area contributed by atoms with E-state index in [2.05, 4.69) is 15.5 Å². The molecule has 0 saturated heterocycles. The number of nitrogens with one attached hydrogen (secondary N) is 1. The zero-order chi connectivity index (χ0) is 19.9. The lowest BCUT2D eigenvalue weighted by molar-refractivity contribution is -0.384. The second-order valence-corrected chi connectivity index (χ2v) is 5.89. The quantitative estimate of drug-likeness (QED) is 0.354. The standard InChI is InChI=1S/C19H18N4O5/c1-2-10-27-19(24)13-6-8-15(9-7-13)20-12-17-21-18(22-28-17)14-4-3-5-16(11-14)23(25)26/h3-9,11,20H,2,10,12H2,1H3. The van der Waals surface area contributed by atoms with Gasteiger partial charge in [0.15, 0.2) is 0 Å². The van der Waals surface area contributed by atoms with E-state index in [0.29, 0.717) is 23.6 Å². The maximum Gasteiger partial charge on any atom is 0.338 e. The molecule has 0 spiro atoms. The molecule has 0 aliphatic carbocycles. The summed E-state index contributed by atoms with van der Waals surface area (Å²) in [6.07, 6.45) is 0.772. The van der Waals surface area contributed by atoms with Gasteiger partial charge in [0.1, 0.15) is 0 Å². The third-order valence-corrected chi connectivity index (χ3v) is 3.78. The van der Waals surface area contributed by atoms with Crippen LogP contribution in [0.25, 0.3) is 11.4 Å². The molecule has 9 heteroatoms. The van der Waals surface area contributed by atoms with Crippen LogP contribution in [0.5, 0.6) is 0 Å². The number of nitro benzene ring substituents is 1. The largest absolute Gasteiger partial charge is 0.462 e. The van der Waals surface area contributed by atoms with Gasteiger partial charge in [0.05, 0.1) is 23.6 Å². The zero-order valence-corrected chi connectivity index (χ0v) is 15.1. The van der Waals surface area contributed by atoms with Crippen LogP contribution in [-0.4, -0.2) is 27.6 Å². The molecular weight excluding hydrogens is 364 g/mol. The summed E-state index contributed by atoms with van der Waals surface area (Å²) in [5.41, 5.74) is 1.70. The summed E-state index contributed by atoms with van der Waals surface area (Å²) in [5.74, 6) is 0.245. The number of anilines is 1. The maximum atomic E-state index is 11.8. The van der Waals surface area contributed by atoms with Crippen LogP contribution < -0.4 is 5.32 Å². The van der Waals surface area contributed by atoms with Gasteiger partial charge in [-0.05, 0) is 30.7 Å². The van der Waals surface area contributed by atoms with Gasteiger partial charge in [-0.15, -0.1) is 0 Å². The van der Waals surface area contributed by atoms with Gasteiger partial charge in [0.2, 0.25) is 11.7 Å². The molecule has 144 valence electrons. The van der Waals surface area contributed by atoms with Gasteiger partial charge in [-0.1, -0.05) is 24.2 Å². The second kappa shape index (κ2) is 8.76. The van der Waals surface area contributed by atoms with Gasteiger partial charge < -0.3 is 14.6 Å². The Kier molecular flexibility index (Phi) is 5.95. The first kappa shape index (κ1) is 19.0. The summed E-state index contributed by atoms with van der Waals surface area (Å²) in [6, 6.07) is 12.9. The summed E-state index contributed by atoms with van der Waals surface area (Å²) in [5, 5.41) is 17.8. The average molecular weight is 382 g/mol. The van der Waals surface area contributed by atoms with Crippen molar-refractivity contribution in [2.24, 2.45) is 0 Å². The third kappa shape index (κ3) is 4.70. The summed E-state index contributed by atoms with van der Waals surface area (Å²) in [6.45, 7) is 2.59. The number of benzene rings is 2. The monoisotopic (exact) mass is 382 g/mol. The van der Waals surface area contributed by atoms with E-state index in [1.54, 1.807) is 36.4 Å². The smallest absolute Gasteiger partial charge is 0.338 e. The van der Waals surface area contributed by atoms with E-state index < -0.39 is 4.92 Å². The Hall–Kier alpha value is -3.75. The topological polar surface area (TPSA) is 120 Å². The lowest BCUT2D eigenvalue weighted by Gasteiger charge is -2.05. The van der Waals surface area contributed by atoms with Crippen molar-refractivity contribution in [2.45, 2.75) is 19.9 Å². The van der Waals surface area contributed by atoms with Gasteiger partial charge >= 0.3 is 5.97 Å². The Labute approximate surface area is 160 Å². The fourth-order valence-electron chi connectivity index (χ4n) is 2.38. The second-order valence-electron chi connectivity index (χ2n) is 5.89. The van der Waals surface area contributed by atoms with Crippen molar-refractivity contribution in [3.8, 4) is 11.4 Å². The molecule has 0 aliphatic heterocycles. The number of carbonyl (C=O) groups excluding carboxylic acids is 1. The lowest BCUT2D eigenvalue weighted by atomic mass is 10.2. The number of aromatic nitrogens is 2. The van der Waals surface area contributed by atoms with Crippen LogP contribution in [0.4, 0.5) is 11.4 Å². The number of esters is 1. The normalized spacial score (nSPS) is 10.5. The van der Waals surface area contributed by atoms with Crippen LogP contribution in [0.2, 0.25) is 0 Å². The number of hydrogen-bond donors (Lipinski definition) is 1. The fraction of sp³-hybridized carbons (Fsp3) is 0.211. The Morgan fingerprint density at radius 3 is 2.75 bits per heavy atom. The first-order valence-corrected chi connectivity index (χ1v) is 8.65. The van der Waals surface area contributed by atoms with E-state index in [1.807, 2.05) is 6.92 Å². The molecule has 0 aliphatic rings. The van der Waals surface area contributed by atoms with E-state index in [9.17, 15) is 14.9 Å². The van der Waals surface area contributed by atoms with Crippen molar-refractivity contribution < 1.29 is 19.0 Å². The molecule has 9 nitrogen and oxygen atoms in total. The molecule has 2 aromatic carbocycles. The number of carbonyl (C=O) groups is 1. The first-order chi connectivity index (χ1) is 13.6. The van der Waals surface area contributed by atoms with Gasteiger partial charge in [-0.2, -0.15) is 4.98 Å². The van der Waals surface area contributed by atoms with E-state index >= 15 is 0 Å². The van der Waals surface area contributed by atoms with Crippen molar-refractivity contribution in [3.63, 3.8) is 0 Å². The minimum Gasteiger partial charge on any atom is -0.462 e. The Morgan fingerprint density at radius 1 is 1.25 bits per heavy atom. The van der Waals surface area contributed by atoms with Crippen molar-refractivity contribution in [3.05, 3.63) is 70.1 Å². The Morgan fingerprint density at radius 2 is 2.04 bits per heavy atom. The number of hydrogen-bond acceptors (Lipinski definition) is 8. The number of ether oxygens (including phenoxy) is 1. The van der Waals surface area contributed by atoms with Crippen LogP contribution in [0.3, 0.4) is 0 Å². The number of nitrogens with zero attached hydrogens (tertiary/aromatic N) is 3. The number of rotatable bonds is 8. The predicted molar refractivity (Wildman–Crippen MR) is 101 cm³/mol. The van der Waals surface area contributed by atoms with E-state index in [-0.39, 0.29) is 24.0 Å². The molecular formula is C19H18N4O5. The van der Waals surface area contributed by atoms with Crippen LogP contribution in [0.15, 0.2) is 53.1 Å². The van der Waals surface area contributed by atoms with E-state index in [0.717, 1.165) is 12.1 Å². The molecule has 28 heavy (non-hydrogen) atoms. The molecule has 1 heterocycles. The van der Waals surface area contributed by atoms with Crippen molar-refractivity contribution >= 4 is 17.3 Å². The molecule has 3 rings (SSSR count). The van der Waals surface area contributed by atoms with Gasteiger partial charge in [-0.25, -0.2) is 4.79 Å². The summed E-state index contributed by atoms with van der Waals surface area (Å²) >= 11 is 0. The molecule has 0 atom stereocenters. The van der Waals surface area contributed by atoms with E-state index in [4.69, 9.17) is 9.26 Å². The van der Waals surface area contributed by atoms with Crippen molar-refractivity contribution in [1.82, 2.24) is 10.1 Å². The maximum absolute atomic E-state index is 11.8. The molecule has 0 saturated carbocycles. The molecule has 1 aromatic heterocycles. The third-order valence-electron chi connectivity index (χ3n) is 3.78. The fourth-order valence-corrected chi connectivity index (χ4v) is 2.38. The highest BCUT2D eigenvalue weighted by Gasteiger charge is 2.13. The molecule has 0 fully saturated rings. The first-order valence-electron chi connectivity index (χ1n) is 8.65. The van der Waals surface area contributed by atoms with Crippen LogP contribution in [0.1, 0.15) is 29.6 Å². The number of nitro groups is 1. The average Bonchev–Trinajstić information content (AvgIpc) is 3.20. The van der Waals surface area contributed by atoms with Crippen LogP contribution >= 0.6 is 0 Å². The molecule has 0 bridgehead atoms. The summed E-state index contributed by atoms with van der Waals surface area (Å²) in [7, 11) is 0. The minimum absolute atomic E-state index is 0.0421. The Bertz CT molecular complexity index is 968. The molecule has 1 N–H and O–H groups in total. The highest BCUT2D eigenvalue weighted by molar-refractivity contribution is 5.89. The van der Waals surface area contributed by atoms with Gasteiger partial charge in [0.25, 0.3) is 5.69 Å². The van der Waals surface area contributed by atoms with Crippen LogP contribution in [0, 0.1) is 10.1 Å². The summed E-state index contributed by atoms with van der Waals surface area (Å²) < 4.78 is 10.3. The highest BCUT2D eigenvalue weighted by atomic mass is 16.6. The number of non-ortho nitro benzene ring substituents is 1. The van der Waals surface area contributed by atoms with Crippen molar-refractivity contribution in [1.29, 1.82) is 0 Å².